The van der Waals surface area contributed by atoms with Crippen molar-refractivity contribution in [2.75, 3.05) is 0 Å². The molecular weight excluding hydrogens is 384 g/mol. The van der Waals surface area contributed by atoms with Crippen LogP contribution in [0.1, 0.15) is 21.8 Å². The van der Waals surface area contributed by atoms with E-state index in [4.69, 9.17) is 4.52 Å². The average Bonchev–Trinajstić information content (AvgIpc) is 3.07. The minimum Gasteiger partial charge on any atom is -0.361 e. The van der Waals surface area contributed by atoms with Crippen molar-refractivity contribution in [1.29, 1.82) is 0 Å². The number of fused-ring (bicyclic) bond motifs is 4. The summed E-state index contributed by atoms with van der Waals surface area (Å²) in [5.74, 6) is -0.0701. The third kappa shape index (κ3) is 2.50. The first kappa shape index (κ1) is 18.0. The first-order valence-electron chi connectivity index (χ1n) is 9.38. The summed E-state index contributed by atoms with van der Waals surface area (Å²) >= 11 is 0. The number of nitrogens with zero attached hydrogens (tertiary/aromatic N) is 4. The molecule has 0 aliphatic rings. The van der Waals surface area contributed by atoms with Gasteiger partial charge in [0, 0.05) is 10.9 Å². The zero-order valence-electron chi connectivity index (χ0n) is 16.2. The first-order chi connectivity index (χ1) is 14.5. The SMILES string of the molecule is Cc1noc(C)c1CC(=O)n1c(=O)c2ccccc2c2nc3ccccc3c(=O)n21. The van der Waals surface area contributed by atoms with Gasteiger partial charge in [-0.1, -0.05) is 35.5 Å². The maximum Gasteiger partial charge on any atom is 0.281 e. The Kier molecular flexibility index (Phi) is 3.89. The van der Waals surface area contributed by atoms with Gasteiger partial charge in [-0.15, -0.1) is 0 Å². The van der Waals surface area contributed by atoms with E-state index in [0.29, 0.717) is 38.7 Å². The van der Waals surface area contributed by atoms with Crippen LogP contribution in [0.4, 0.5) is 0 Å². The molecule has 30 heavy (non-hydrogen) atoms. The van der Waals surface area contributed by atoms with Gasteiger partial charge in [0.2, 0.25) is 0 Å². The lowest BCUT2D eigenvalue weighted by atomic mass is 10.1. The van der Waals surface area contributed by atoms with Crippen molar-refractivity contribution in [1.82, 2.24) is 19.3 Å². The Hall–Kier alpha value is -4.07. The molecule has 0 amide bonds. The van der Waals surface area contributed by atoms with Crippen molar-refractivity contribution in [2.45, 2.75) is 20.3 Å². The van der Waals surface area contributed by atoms with Gasteiger partial charge in [-0.05, 0) is 32.0 Å². The molecule has 2 aromatic carbocycles. The van der Waals surface area contributed by atoms with Crippen molar-refractivity contribution >= 4 is 33.2 Å². The molecule has 0 bridgehead atoms. The minimum absolute atomic E-state index is 0.131. The zero-order valence-corrected chi connectivity index (χ0v) is 16.2. The lowest BCUT2D eigenvalue weighted by Crippen LogP contribution is -2.39. The maximum atomic E-state index is 13.3. The van der Waals surface area contributed by atoms with E-state index in [-0.39, 0.29) is 12.1 Å². The highest BCUT2D eigenvalue weighted by molar-refractivity contribution is 5.97. The summed E-state index contributed by atoms with van der Waals surface area (Å²) in [5.41, 5.74) is 0.849. The Morgan fingerprint density at radius 2 is 1.60 bits per heavy atom. The van der Waals surface area contributed by atoms with Gasteiger partial charge in [-0.3, -0.25) is 14.4 Å². The number of hydrogen-bond acceptors (Lipinski definition) is 6. The van der Waals surface area contributed by atoms with Gasteiger partial charge < -0.3 is 4.52 Å². The highest BCUT2D eigenvalue weighted by atomic mass is 16.5. The number of benzene rings is 2. The second-order valence-corrected chi connectivity index (χ2v) is 7.11. The second-order valence-electron chi connectivity index (χ2n) is 7.11. The Morgan fingerprint density at radius 1 is 0.933 bits per heavy atom. The van der Waals surface area contributed by atoms with E-state index >= 15 is 0 Å². The predicted molar refractivity (Wildman–Crippen MR) is 111 cm³/mol. The first-order valence-corrected chi connectivity index (χ1v) is 9.38. The van der Waals surface area contributed by atoms with E-state index in [2.05, 4.69) is 10.1 Å². The number of carbonyl (C=O) groups excluding carboxylic acids is 1. The van der Waals surface area contributed by atoms with E-state index in [1.165, 1.54) is 0 Å². The summed E-state index contributed by atoms with van der Waals surface area (Å²) < 4.78 is 7.09. The summed E-state index contributed by atoms with van der Waals surface area (Å²) in [6, 6.07) is 13.7. The molecule has 148 valence electrons. The summed E-state index contributed by atoms with van der Waals surface area (Å²) in [4.78, 5) is 44.5. The molecule has 0 unspecified atom stereocenters. The second kappa shape index (κ2) is 6.48. The number of aromatic nitrogens is 4. The normalized spacial score (nSPS) is 11.5. The third-order valence-corrected chi connectivity index (χ3v) is 5.29. The summed E-state index contributed by atoms with van der Waals surface area (Å²) in [7, 11) is 0. The van der Waals surface area contributed by atoms with Gasteiger partial charge in [0.05, 0.1) is 28.4 Å². The van der Waals surface area contributed by atoms with Crippen LogP contribution in [0, 0.1) is 13.8 Å². The summed E-state index contributed by atoms with van der Waals surface area (Å²) in [6.45, 7) is 3.42. The van der Waals surface area contributed by atoms with Crippen molar-refractivity contribution in [3.8, 4) is 0 Å². The number of carbonyl (C=O) groups is 1. The molecule has 0 radical (unpaired) electrons. The van der Waals surface area contributed by atoms with Crippen LogP contribution in [-0.2, 0) is 6.42 Å². The zero-order chi connectivity index (χ0) is 21.0. The molecule has 3 aromatic heterocycles. The fraction of sp³-hybridized carbons (Fsp3) is 0.136. The molecule has 5 aromatic rings. The average molecular weight is 400 g/mol. The molecule has 0 fully saturated rings. The van der Waals surface area contributed by atoms with Crippen LogP contribution >= 0.6 is 0 Å². The van der Waals surface area contributed by atoms with Crippen LogP contribution in [-0.4, -0.2) is 25.2 Å². The van der Waals surface area contributed by atoms with Crippen LogP contribution in [0.3, 0.4) is 0 Å². The molecule has 3 heterocycles. The van der Waals surface area contributed by atoms with E-state index in [0.717, 1.165) is 9.20 Å². The summed E-state index contributed by atoms with van der Waals surface area (Å²) in [6.07, 6.45) is -0.131. The quantitative estimate of drug-likeness (QED) is 0.334. The Balaban J connectivity index is 1.91. The highest BCUT2D eigenvalue weighted by Gasteiger charge is 2.22. The lowest BCUT2D eigenvalue weighted by molar-refractivity contribution is 0.0885. The molecule has 0 N–H and O–H groups in total. The van der Waals surface area contributed by atoms with Crippen molar-refractivity contribution in [2.24, 2.45) is 0 Å². The van der Waals surface area contributed by atoms with Crippen molar-refractivity contribution in [3.63, 3.8) is 0 Å². The van der Waals surface area contributed by atoms with E-state index in [1.807, 2.05) is 0 Å². The molecule has 5 rings (SSSR count). The van der Waals surface area contributed by atoms with Crippen LogP contribution in [0.5, 0.6) is 0 Å². The van der Waals surface area contributed by atoms with Crippen molar-refractivity contribution < 1.29 is 9.32 Å². The fourth-order valence-electron chi connectivity index (χ4n) is 3.76. The van der Waals surface area contributed by atoms with Gasteiger partial charge in [0.15, 0.2) is 5.65 Å². The van der Waals surface area contributed by atoms with Gasteiger partial charge >= 0.3 is 0 Å². The smallest absolute Gasteiger partial charge is 0.281 e. The number of aryl methyl sites for hydroxylation is 2. The van der Waals surface area contributed by atoms with Crippen molar-refractivity contribution in [3.05, 3.63) is 86.3 Å². The Labute approximate surface area is 169 Å². The van der Waals surface area contributed by atoms with Gasteiger partial charge in [-0.25, -0.2) is 4.98 Å². The highest BCUT2D eigenvalue weighted by Crippen LogP contribution is 2.18. The monoisotopic (exact) mass is 400 g/mol. The largest absolute Gasteiger partial charge is 0.361 e. The Bertz CT molecular complexity index is 1590. The predicted octanol–water partition coefficient (Wildman–Crippen LogP) is 2.65. The van der Waals surface area contributed by atoms with Crippen LogP contribution in [0.25, 0.3) is 27.3 Å². The third-order valence-electron chi connectivity index (χ3n) is 5.29. The Morgan fingerprint density at radius 3 is 2.30 bits per heavy atom. The van der Waals surface area contributed by atoms with Gasteiger partial charge in [-0.2, -0.15) is 9.20 Å². The fourth-order valence-corrected chi connectivity index (χ4v) is 3.76. The molecule has 0 spiro atoms. The molecule has 8 nitrogen and oxygen atoms in total. The number of para-hydroxylation sites is 1. The molecule has 0 saturated heterocycles. The van der Waals surface area contributed by atoms with Gasteiger partial charge in [0.25, 0.3) is 17.0 Å². The van der Waals surface area contributed by atoms with E-state index < -0.39 is 17.0 Å². The molecule has 0 aliphatic heterocycles. The molecular formula is C22H16N4O4. The number of hydrogen-bond donors (Lipinski definition) is 0. The molecule has 8 heteroatoms. The molecule has 0 aliphatic carbocycles. The minimum atomic E-state index is -0.575. The molecule has 0 atom stereocenters. The molecule has 0 saturated carbocycles. The van der Waals surface area contributed by atoms with Crippen LogP contribution in [0.15, 0.2) is 62.6 Å². The summed E-state index contributed by atoms with van der Waals surface area (Å²) in [5, 5.41) is 5.00. The topological polar surface area (TPSA) is 99.5 Å². The van der Waals surface area contributed by atoms with E-state index in [1.54, 1.807) is 62.4 Å². The van der Waals surface area contributed by atoms with Crippen LogP contribution < -0.4 is 11.1 Å². The lowest BCUT2D eigenvalue weighted by Gasteiger charge is -2.13. The maximum absolute atomic E-state index is 13.3. The standard InChI is InChI=1S/C22H16N4O4/c1-12-17(13(2)30-24-12)11-19(27)25-21(28)15-8-4-3-7-14(15)20-23-18-10-6-5-9-16(18)22(29)26(20)25/h3-10H,11H2,1-2H3. The van der Waals surface area contributed by atoms with Crippen LogP contribution in [0.2, 0.25) is 0 Å². The van der Waals surface area contributed by atoms with E-state index in [9.17, 15) is 14.4 Å². The van der Waals surface area contributed by atoms with Gasteiger partial charge in [0.1, 0.15) is 5.76 Å². The number of rotatable bonds is 2.